The molecule has 2 aromatic heterocycles. The SMILES string of the molecule is O=C(Nc1cccc2c1oc1ccccc12)C(N1C(=O)c2cc(Oc3ccc(-c4ccccc4)cc3)c3c4c(Oc5ccc(-c6ccccc6)cc5)cc5c6c(cc(Oc7ccc(-c8ccccc8)cc7)c(c7c(Oc8ccc(-c9ccccc9)cc8)cc(c2c37)C1=O)c64)C(=O)N(C(C(=O)Nc1cccc2c1oc1ccccc12)C(F)(F)F)C5=O)C(F)(F)F. The van der Waals surface area contributed by atoms with Crippen molar-refractivity contribution < 1.29 is 82.9 Å². The first-order chi connectivity index (χ1) is 60.2. The van der Waals surface area contributed by atoms with E-state index in [1.54, 1.807) is 158 Å². The van der Waals surface area contributed by atoms with Crippen LogP contribution in [0.5, 0.6) is 46.0 Å². The first kappa shape index (κ1) is 75.1. The summed E-state index contributed by atoms with van der Waals surface area (Å²) in [6.07, 6.45) is -11.5. The fourth-order valence-electron chi connectivity index (χ4n) is 17.1. The molecule has 4 heterocycles. The van der Waals surface area contributed by atoms with Gasteiger partial charge >= 0.3 is 12.4 Å². The highest BCUT2D eigenvalue weighted by Gasteiger charge is 2.57. The first-order valence-electron chi connectivity index (χ1n) is 39.3. The average molecular weight is 1650 g/mol. The molecule has 0 fully saturated rings. The van der Waals surface area contributed by atoms with Gasteiger partial charge in [0.2, 0.25) is 12.1 Å². The molecule has 2 unspecified atom stereocenters. The Kier molecular flexibility index (Phi) is 17.7. The number of nitrogens with zero attached hydrogens (tertiary/aromatic N) is 2. The van der Waals surface area contributed by atoms with E-state index < -0.39 is 82.1 Å². The third-order valence-corrected chi connectivity index (χ3v) is 22.7. The number of imide groups is 2. The Morgan fingerprint density at radius 1 is 0.274 bits per heavy atom. The minimum Gasteiger partial charge on any atom is -0.457 e. The molecule has 2 N–H and O–H groups in total. The van der Waals surface area contributed by atoms with E-state index >= 15 is 55.1 Å². The molecular formula is C102H58F6N4O12. The lowest BCUT2D eigenvalue weighted by molar-refractivity contribution is -0.178. The maximum Gasteiger partial charge on any atom is 0.418 e. The lowest BCUT2D eigenvalue weighted by atomic mass is 9.80. The zero-order valence-electron chi connectivity index (χ0n) is 64.4. The van der Waals surface area contributed by atoms with Gasteiger partial charge in [0, 0.05) is 64.6 Å². The largest absolute Gasteiger partial charge is 0.457 e. The Bertz CT molecular complexity index is 6890. The lowest BCUT2D eigenvalue weighted by Gasteiger charge is -2.36. The van der Waals surface area contributed by atoms with E-state index in [-0.39, 0.29) is 121 Å². The highest BCUT2D eigenvalue weighted by atomic mass is 19.4. The number of ether oxygens (including phenoxy) is 4. The average Bonchev–Trinajstić information content (AvgIpc) is 0.716. The second-order valence-corrected chi connectivity index (χ2v) is 30.0. The summed E-state index contributed by atoms with van der Waals surface area (Å²) in [6.45, 7) is 0. The Balaban J connectivity index is 0.859. The van der Waals surface area contributed by atoms with Gasteiger partial charge in [-0.2, -0.15) is 26.3 Å². The van der Waals surface area contributed by atoms with E-state index in [4.69, 9.17) is 27.8 Å². The van der Waals surface area contributed by atoms with Crippen LogP contribution < -0.4 is 29.6 Å². The predicted octanol–water partition coefficient (Wildman–Crippen LogP) is 25.7. The molecule has 0 spiro atoms. The molecule has 16 nitrogen and oxygen atoms in total. The zero-order chi connectivity index (χ0) is 84.6. The smallest absolute Gasteiger partial charge is 0.418 e. The Morgan fingerprint density at radius 3 is 0.782 bits per heavy atom. The number of anilines is 2. The van der Waals surface area contributed by atoms with Crippen molar-refractivity contribution in [2.45, 2.75) is 24.4 Å². The summed E-state index contributed by atoms with van der Waals surface area (Å²) in [6, 6.07) is 83.3. The van der Waals surface area contributed by atoms with Crippen molar-refractivity contribution in [3.05, 3.63) is 350 Å². The third kappa shape index (κ3) is 12.7. The minimum absolute atomic E-state index is 0.00929. The number of halogens is 6. The van der Waals surface area contributed by atoms with Crippen molar-refractivity contribution in [1.29, 1.82) is 0 Å². The van der Waals surface area contributed by atoms with Gasteiger partial charge in [-0.1, -0.05) is 231 Å². The highest BCUT2D eigenvalue weighted by Crippen LogP contribution is 2.59. The molecule has 21 rings (SSSR count). The molecule has 17 aromatic carbocycles. The van der Waals surface area contributed by atoms with E-state index in [9.17, 15) is 0 Å². The van der Waals surface area contributed by atoms with E-state index in [1.807, 2.05) is 121 Å². The van der Waals surface area contributed by atoms with Crippen molar-refractivity contribution in [3.63, 3.8) is 0 Å². The zero-order valence-corrected chi connectivity index (χ0v) is 64.4. The molecule has 19 aromatic rings. The monoisotopic (exact) mass is 1640 g/mol. The van der Waals surface area contributed by atoms with Crippen LogP contribution in [0.15, 0.2) is 336 Å². The molecule has 2 aliphatic heterocycles. The summed E-state index contributed by atoms with van der Waals surface area (Å²) in [4.78, 5) is 95.9. The molecule has 2 atom stereocenters. The fraction of sp³-hybridized carbons (Fsp3) is 0.0392. The summed E-state index contributed by atoms with van der Waals surface area (Å²) in [7, 11) is 0. The number of amides is 6. The van der Waals surface area contributed by atoms with Gasteiger partial charge in [-0.05, 0) is 142 Å². The number of para-hydroxylation sites is 4. The van der Waals surface area contributed by atoms with Gasteiger partial charge in [-0.15, -0.1) is 0 Å². The maximum atomic E-state index is 16.8. The minimum atomic E-state index is -5.73. The normalized spacial score (nSPS) is 13.4. The molecule has 0 saturated heterocycles. The number of fused-ring (bicyclic) bond motifs is 8. The van der Waals surface area contributed by atoms with E-state index in [1.165, 1.54) is 24.3 Å². The summed E-state index contributed by atoms with van der Waals surface area (Å²) >= 11 is 0. The lowest BCUT2D eigenvalue weighted by Crippen LogP contribution is -2.58. The highest BCUT2D eigenvalue weighted by molar-refractivity contribution is 6.45. The third-order valence-electron chi connectivity index (χ3n) is 22.7. The van der Waals surface area contributed by atoms with Crippen LogP contribution in [0.2, 0.25) is 0 Å². The molecule has 2 aliphatic rings. The quantitative estimate of drug-likeness (QED) is 0.0357. The topological polar surface area (TPSA) is 196 Å². The molecule has 0 radical (unpaired) electrons. The number of benzene rings is 17. The molecule has 6 amide bonds. The number of hydrogen-bond donors (Lipinski definition) is 2. The van der Waals surface area contributed by atoms with Gasteiger partial charge in [-0.25, -0.2) is 0 Å². The van der Waals surface area contributed by atoms with Crippen LogP contribution in [-0.2, 0) is 9.59 Å². The van der Waals surface area contributed by atoms with E-state index in [2.05, 4.69) is 10.6 Å². The number of nitrogens with one attached hydrogen (secondary N) is 2. The van der Waals surface area contributed by atoms with Crippen LogP contribution in [-0.4, -0.2) is 69.7 Å². The molecule has 600 valence electrons. The van der Waals surface area contributed by atoms with Crippen molar-refractivity contribution in [3.8, 4) is 90.5 Å². The van der Waals surface area contributed by atoms with Crippen molar-refractivity contribution in [2.24, 2.45) is 0 Å². The van der Waals surface area contributed by atoms with Crippen LogP contribution in [0.4, 0.5) is 37.7 Å². The summed E-state index contributed by atoms with van der Waals surface area (Å²) < 4.78 is 142. The maximum absolute atomic E-state index is 16.8. The number of alkyl halides is 6. The predicted molar refractivity (Wildman–Crippen MR) is 461 cm³/mol. The van der Waals surface area contributed by atoms with Crippen molar-refractivity contribution in [2.75, 3.05) is 10.6 Å². The number of rotatable bonds is 18. The molecule has 0 bridgehead atoms. The number of hydrogen-bond acceptors (Lipinski definition) is 12. The van der Waals surface area contributed by atoms with Crippen LogP contribution in [0, 0.1) is 0 Å². The van der Waals surface area contributed by atoms with Crippen molar-refractivity contribution in [1.82, 2.24) is 9.80 Å². The molecule has 0 saturated carbocycles. The van der Waals surface area contributed by atoms with Gasteiger partial charge in [0.05, 0.1) is 33.6 Å². The van der Waals surface area contributed by atoms with Gasteiger partial charge in [-0.3, -0.25) is 38.6 Å². The number of carbonyl (C=O) groups is 6. The summed E-state index contributed by atoms with van der Waals surface area (Å²) in [5.41, 5.74) is 3.64. The Labute approximate surface area is 698 Å². The van der Waals surface area contributed by atoms with Crippen molar-refractivity contribution >= 4 is 134 Å². The number of carbonyl (C=O) groups excluding carboxylic acids is 6. The van der Waals surface area contributed by atoms with E-state index in [0.29, 0.717) is 55.0 Å². The van der Waals surface area contributed by atoms with Gasteiger partial charge in [0.1, 0.15) is 57.2 Å². The molecule has 22 heteroatoms. The molecular weight excluding hydrogens is 1590 g/mol. The summed E-state index contributed by atoms with van der Waals surface area (Å²) in [5, 5.41) is 5.08. The standard InChI is InChI=1S/C102H58F6N4O12/c103-101(104,105)93(95(113)109-75-31-17-29-69-67-27-13-15-33-77(67)123-91(69)75)111-97(115)71-51-79(119-63-43-35-59(36-44-63)55-19-5-1-6-20-55)85-86-80(120-64-45-37-60(38-46-64)56-21-7-2-8-22-56)52-73-84-74(100(118)112(99(73)117)94(102(106,107)108)96(114)110-76-32-18-30-70-68-28-14-16-34-78(68)124-92(70)76)54-82(122-66-49-41-62(42-50-66)58-25-11-4-12-26-58)88(90(84)86)87-81(53-72(98(111)116)83(71)89(85)87)121-65-47-39-61(40-48-65)57-23-9-3-10-24-57/h1-54,93-94H,(H,109,113)(H,110,114). The summed E-state index contributed by atoms with van der Waals surface area (Å²) in [5.74, 6) is -11.7. The fourth-order valence-corrected chi connectivity index (χ4v) is 17.1. The van der Waals surface area contributed by atoms with Crippen LogP contribution >= 0.6 is 0 Å². The Hall–Kier alpha value is -16.4. The number of furan rings is 2. The van der Waals surface area contributed by atoms with Crippen LogP contribution in [0.1, 0.15) is 41.4 Å². The van der Waals surface area contributed by atoms with Gasteiger partial charge < -0.3 is 38.4 Å². The molecule has 124 heavy (non-hydrogen) atoms. The second kappa shape index (κ2) is 29.3. The van der Waals surface area contributed by atoms with E-state index in [0.717, 1.165) is 46.5 Å². The molecule has 0 aliphatic carbocycles. The van der Waals surface area contributed by atoms with Gasteiger partial charge in [0.25, 0.3) is 35.4 Å². The second-order valence-electron chi connectivity index (χ2n) is 30.0. The Morgan fingerprint density at radius 2 is 0.516 bits per heavy atom. The van der Waals surface area contributed by atoms with Crippen LogP contribution in [0.3, 0.4) is 0 Å². The van der Waals surface area contributed by atoms with Gasteiger partial charge in [0.15, 0.2) is 11.2 Å². The first-order valence-corrected chi connectivity index (χ1v) is 39.3. The van der Waals surface area contributed by atoms with Crippen LogP contribution in [0.25, 0.3) is 131 Å².